The van der Waals surface area contributed by atoms with E-state index >= 15 is 0 Å². The van der Waals surface area contributed by atoms with E-state index in [0.29, 0.717) is 0 Å². The SMILES string of the molecule is O=CN(CCCO)C(F)(F)F. The monoisotopic (exact) mass is 171 g/mol. The van der Waals surface area contributed by atoms with Crippen LogP contribution in [0.4, 0.5) is 13.2 Å². The fraction of sp³-hybridized carbons (Fsp3) is 0.800. The van der Waals surface area contributed by atoms with Crippen LogP contribution in [-0.2, 0) is 4.79 Å². The summed E-state index contributed by atoms with van der Waals surface area (Å²) in [6.45, 7) is -0.857. The second-order valence-corrected chi connectivity index (χ2v) is 1.84. The molecule has 0 bridgehead atoms. The van der Waals surface area contributed by atoms with Crippen LogP contribution in [0.15, 0.2) is 0 Å². The van der Waals surface area contributed by atoms with Gasteiger partial charge in [0.15, 0.2) is 0 Å². The molecule has 0 spiro atoms. The standard InChI is InChI=1S/C5H8F3NO2/c6-5(7,8)9(4-11)2-1-3-10/h4,10H,1-3H2. The van der Waals surface area contributed by atoms with Gasteiger partial charge in [0.2, 0.25) is 6.41 Å². The maximum atomic E-state index is 11.7. The molecule has 1 N–H and O–H groups in total. The Balaban J connectivity index is 3.86. The molecule has 0 unspecified atom stereocenters. The Kier molecular flexibility index (Phi) is 3.88. The maximum Gasteiger partial charge on any atom is 0.486 e. The molecule has 0 aliphatic carbocycles. The topological polar surface area (TPSA) is 40.5 Å². The van der Waals surface area contributed by atoms with Gasteiger partial charge in [0.1, 0.15) is 0 Å². The van der Waals surface area contributed by atoms with Gasteiger partial charge in [-0.05, 0) is 6.42 Å². The average molecular weight is 171 g/mol. The predicted octanol–water partition coefficient (Wildman–Crippen LogP) is 0.347. The van der Waals surface area contributed by atoms with Crippen molar-refractivity contribution in [3.8, 4) is 0 Å². The molecule has 3 nitrogen and oxygen atoms in total. The number of aliphatic hydroxyl groups is 1. The van der Waals surface area contributed by atoms with Crippen LogP contribution in [0.2, 0.25) is 0 Å². The van der Waals surface area contributed by atoms with E-state index in [9.17, 15) is 18.0 Å². The number of aliphatic hydroxyl groups excluding tert-OH is 1. The fourth-order valence-corrected chi connectivity index (χ4v) is 0.480. The molecule has 0 atom stereocenters. The van der Waals surface area contributed by atoms with E-state index in [1.165, 1.54) is 0 Å². The summed E-state index contributed by atoms with van der Waals surface area (Å²) in [6.07, 6.45) is -5.00. The molecule has 0 saturated heterocycles. The number of hydrogen-bond acceptors (Lipinski definition) is 2. The van der Waals surface area contributed by atoms with Crippen molar-refractivity contribution in [2.75, 3.05) is 13.2 Å². The van der Waals surface area contributed by atoms with Crippen molar-refractivity contribution in [1.82, 2.24) is 4.90 Å². The number of nitrogens with zero attached hydrogens (tertiary/aromatic N) is 1. The van der Waals surface area contributed by atoms with Crippen LogP contribution in [0.5, 0.6) is 0 Å². The number of hydrogen-bond donors (Lipinski definition) is 1. The van der Waals surface area contributed by atoms with Crippen LogP contribution >= 0.6 is 0 Å². The van der Waals surface area contributed by atoms with Gasteiger partial charge >= 0.3 is 6.30 Å². The summed E-state index contributed by atoms with van der Waals surface area (Å²) in [5.74, 6) is 0. The summed E-state index contributed by atoms with van der Waals surface area (Å²) in [6, 6.07) is 0. The third-order valence-corrected chi connectivity index (χ3v) is 1.01. The van der Waals surface area contributed by atoms with E-state index in [1.807, 2.05) is 0 Å². The first-order chi connectivity index (χ1) is 5.02. The summed E-state index contributed by atoms with van der Waals surface area (Å²) in [4.78, 5) is 9.47. The molecular weight excluding hydrogens is 163 g/mol. The molecule has 0 aromatic heterocycles. The molecule has 11 heavy (non-hydrogen) atoms. The quantitative estimate of drug-likeness (QED) is 0.489. The minimum Gasteiger partial charge on any atom is -0.396 e. The lowest BCUT2D eigenvalue weighted by Crippen LogP contribution is -2.37. The van der Waals surface area contributed by atoms with E-state index in [0.717, 1.165) is 0 Å². The van der Waals surface area contributed by atoms with Crippen molar-refractivity contribution in [1.29, 1.82) is 0 Å². The van der Waals surface area contributed by atoms with Crippen molar-refractivity contribution in [3.63, 3.8) is 0 Å². The van der Waals surface area contributed by atoms with Crippen LogP contribution < -0.4 is 0 Å². The Hall–Kier alpha value is -0.780. The zero-order valence-electron chi connectivity index (χ0n) is 5.64. The number of carbonyl (C=O) groups excluding carboxylic acids is 1. The van der Waals surface area contributed by atoms with Crippen LogP contribution in [0.25, 0.3) is 0 Å². The number of halogens is 3. The van der Waals surface area contributed by atoms with Crippen molar-refractivity contribution in [3.05, 3.63) is 0 Å². The third kappa shape index (κ3) is 3.82. The van der Waals surface area contributed by atoms with Crippen LogP contribution in [-0.4, -0.2) is 35.9 Å². The van der Waals surface area contributed by atoms with Gasteiger partial charge in [-0.3, -0.25) is 9.69 Å². The van der Waals surface area contributed by atoms with Gasteiger partial charge in [-0.1, -0.05) is 0 Å². The van der Waals surface area contributed by atoms with E-state index in [2.05, 4.69) is 0 Å². The predicted molar refractivity (Wildman–Crippen MR) is 30.5 cm³/mol. The second kappa shape index (κ2) is 4.17. The average Bonchev–Trinajstić information content (AvgIpc) is 1.87. The molecule has 0 aliphatic heterocycles. The summed E-state index contributed by atoms with van der Waals surface area (Å²) >= 11 is 0. The lowest BCUT2D eigenvalue weighted by atomic mass is 10.4. The Morgan fingerprint density at radius 3 is 2.27 bits per heavy atom. The molecule has 0 aromatic carbocycles. The van der Waals surface area contributed by atoms with Gasteiger partial charge in [0.25, 0.3) is 0 Å². The lowest BCUT2D eigenvalue weighted by Gasteiger charge is -2.19. The fourth-order valence-electron chi connectivity index (χ4n) is 0.480. The first-order valence-corrected chi connectivity index (χ1v) is 2.92. The highest BCUT2D eigenvalue weighted by Crippen LogP contribution is 2.18. The highest BCUT2D eigenvalue weighted by molar-refractivity contribution is 5.47. The zero-order chi connectivity index (χ0) is 8.91. The molecule has 0 rings (SSSR count). The second-order valence-electron chi connectivity index (χ2n) is 1.84. The zero-order valence-corrected chi connectivity index (χ0v) is 5.64. The molecule has 0 aliphatic rings. The minimum absolute atomic E-state index is 0.0712. The minimum atomic E-state index is -4.63. The van der Waals surface area contributed by atoms with E-state index in [4.69, 9.17) is 5.11 Å². The van der Waals surface area contributed by atoms with Gasteiger partial charge in [-0.25, -0.2) is 0 Å². The number of carbonyl (C=O) groups is 1. The molecule has 0 saturated carbocycles. The first-order valence-electron chi connectivity index (χ1n) is 2.92. The molecule has 0 aromatic rings. The van der Waals surface area contributed by atoms with Gasteiger partial charge in [0, 0.05) is 13.2 Å². The van der Waals surface area contributed by atoms with Crippen molar-refractivity contribution >= 4 is 6.41 Å². The Bertz CT molecular complexity index is 125. The molecule has 0 heterocycles. The Morgan fingerprint density at radius 1 is 1.45 bits per heavy atom. The van der Waals surface area contributed by atoms with E-state index in [1.54, 1.807) is 0 Å². The summed E-state index contributed by atoms with van der Waals surface area (Å²) in [5.41, 5.74) is 0. The summed E-state index contributed by atoms with van der Waals surface area (Å²) in [7, 11) is 0. The smallest absolute Gasteiger partial charge is 0.396 e. The number of amides is 1. The van der Waals surface area contributed by atoms with Crippen LogP contribution in [0, 0.1) is 0 Å². The molecule has 0 fully saturated rings. The Labute approximate surface area is 61.4 Å². The maximum absolute atomic E-state index is 11.7. The lowest BCUT2D eigenvalue weighted by molar-refractivity contribution is -0.234. The summed E-state index contributed by atoms with van der Waals surface area (Å²) < 4.78 is 35.0. The molecule has 66 valence electrons. The van der Waals surface area contributed by atoms with E-state index < -0.39 is 12.8 Å². The van der Waals surface area contributed by atoms with Crippen molar-refractivity contribution in [2.24, 2.45) is 0 Å². The molecule has 1 amide bonds. The molecular formula is C5H8F3NO2. The summed E-state index contributed by atoms with van der Waals surface area (Å²) in [5, 5.41) is 8.17. The van der Waals surface area contributed by atoms with Crippen LogP contribution in [0.1, 0.15) is 6.42 Å². The normalized spacial score (nSPS) is 11.3. The molecule has 0 radical (unpaired) electrons. The third-order valence-electron chi connectivity index (χ3n) is 1.01. The van der Waals surface area contributed by atoms with Gasteiger partial charge in [-0.2, -0.15) is 0 Å². The number of alkyl halides is 3. The van der Waals surface area contributed by atoms with Crippen molar-refractivity contribution < 1.29 is 23.1 Å². The largest absolute Gasteiger partial charge is 0.486 e. The first kappa shape index (κ1) is 10.2. The number of rotatable bonds is 4. The van der Waals surface area contributed by atoms with Crippen LogP contribution in [0.3, 0.4) is 0 Å². The molecule has 6 heteroatoms. The Morgan fingerprint density at radius 2 is 2.00 bits per heavy atom. The highest BCUT2D eigenvalue weighted by atomic mass is 19.4. The van der Waals surface area contributed by atoms with E-state index in [-0.39, 0.29) is 24.3 Å². The van der Waals surface area contributed by atoms with Gasteiger partial charge in [-0.15, -0.1) is 13.2 Å². The van der Waals surface area contributed by atoms with Gasteiger partial charge < -0.3 is 5.11 Å². The van der Waals surface area contributed by atoms with Gasteiger partial charge in [0.05, 0.1) is 0 Å². The highest BCUT2D eigenvalue weighted by Gasteiger charge is 2.35. The van der Waals surface area contributed by atoms with Crippen molar-refractivity contribution in [2.45, 2.75) is 12.7 Å².